The molecule has 4 amide bonds. The molecule has 0 bridgehead atoms. The SMILES string of the molecule is C.CCCOC(=O)[C@H]1CCCN1C.Cc1cc(C[C@@H](OC(=O)N2CCC(N3CCc4ccccc4NC3=O)CC2)C(=O)N2CCC(C)CC2)cc2oc(=O)n(C)c12. The van der Waals surface area contributed by atoms with Gasteiger partial charge in [-0.2, -0.15) is 0 Å². The minimum atomic E-state index is -1.00. The summed E-state index contributed by atoms with van der Waals surface area (Å²) in [5.41, 5.74) is 4.72. The van der Waals surface area contributed by atoms with E-state index in [4.69, 9.17) is 13.9 Å². The molecule has 57 heavy (non-hydrogen) atoms. The lowest BCUT2D eigenvalue weighted by Gasteiger charge is -2.38. The highest BCUT2D eigenvalue weighted by molar-refractivity contribution is 5.91. The monoisotopic (exact) mass is 790 g/mol. The van der Waals surface area contributed by atoms with Gasteiger partial charge in [0.2, 0.25) is 0 Å². The van der Waals surface area contributed by atoms with Gasteiger partial charge in [0.05, 0.1) is 12.1 Å². The lowest BCUT2D eigenvalue weighted by molar-refractivity contribution is -0.148. The summed E-state index contributed by atoms with van der Waals surface area (Å²) in [5, 5.41) is 3.03. The van der Waals surface area contributed by atoms with E-state index in [-0.39, 0.29) is 43.8 Å². The first-order valence-electron chi connectivity index (χ1n) is 20.3. The van der Waals surface area contributed by atoms with Crippen molar-refractivity contribution in [2.24, 2.45) is 13.0 Å². The van der Waals surface area contributed by atoms with Crippen LogP contribution >= 0.6 is 0 Å². The first-order chi connectivity index (χ1) is 26.9. The highest BCUT2D eigenvalue weighted by Gasteiger charge is 2.35. The summed E-state index contributed by atoms with van der Waals surface area (Å²) in [5.74, 6) is -0.148. The number of amides is 4. The molecule has 14 heteroatoms. The maximum absolute atomic E-state index is 13.8. The summed E-state index contributed by atoms with van der Waals surface area (Å²) < 4.78 is 17.9. The summed E-state index contributed by atoms with van der Waals surface area (Å²) in [6.07, 6.45) is 5.48. The quantitative estimate of drug-likeness (QED) is 0.273. The molecular formula is C43H62N6O8. The zero-order valence-electron chi connectivity index (χ0n) is 33.6. The van der Waals surface area contributed by atoms with E-state index in [1.807, 2.05) is 56.1 Å². The first-order valence-corrected chi connectivity index (χ1v) is 20.3. The van der Waals surface area contributed by atoms with Gasteiger partial charge < -0.3 is 33.9 Å². The van der Waals surface area contributed by atoms with Crippen molar-refractivity contribution >= 4 is 40.8 Å². The number of esters is 1. The van der Waals surface area contributed by atoms with E-state index < -0.39 is 18.0 Å². The number of rotatable bonds is 8. The van der Waals surface area contributed by atoms with Gasteiger partial charge in [-0.3, -0.25) is 19.1 Å². The van der Waals surface area contributed by atoms with E-state index >= 15 is 0 Å². The Kier molecular flexibility index (Phi) is 14.8. The maximum atomic E-state index is 13.8. The van der Waals surface area contributed by atoms with Crippen LogP contribution in [-0.2, 0) is 39.0 Å². The summed E-state index contributed by atoms with van der Waals surface area (Å²) in [7, 11) is 3.64. The number of likely N-dealkylation sites (N-methyl/N-ethyl adjacent to an activating group) is 1. The van der Waals surface area contributed by atoms with Crippen LogP contribution in [0.4, 0.5) is 15.3 Å². The number of benzene rings is 2. The third kappa shape index (κ3) is 10.4. The molecule has 312 valence electrons. The van der Waals surface area contributed by atoms with E-state index in [9.17, 15) is 24.0 Å². The number of carbonyl (C=O) groups excluding carboxylic acids is 4. The predicted molar refractivity (Wildman–Crippen MR) is 219 cm³/mol. The molecule has 0 spiro atoms. The number of aromatic nitrogens is 1. The summed E-state index contributed by atoms with van der Waals surface area (Å²) in [6, 6.07) is 11.5. The van der Waals surface area contributed by atoms with Crippen molar-refractivity contribution < 1.29 is 33.1 Å². The van der Waals surface area contributed by atoms with Gasteiger partial charge in [0, 0.05) is 57.9 Å². The Labute approximate surface area is 336 Å². The van der Waals surface area contributed by atoms with Gasteiger partial charge in [-0.25, -0.2) is 14.4 Å². The van der Waals surface area contributed by atoms with Gasteiger partial charge in [0.15, 0.2) is 11.7 Å². The van der Waals surface area contributed by atoms with Crippen LogP contribution in [0.25, 0.3) is 11.1 Å². The van der Waals surface area contributed by atoms with Crippen LogP contribution in [0.15, 0.2) is 45.6 Å². The van der Waals surface area contributed by atoms with Crippen LogP contribution in [0.1, 0.15) is 82.9 Å². The second kappa shape index (κ2) is 19.5. The topological polar surface area (TPSA) is 147 Å². The molecule has 0 radical (unpaired) electrons. The molecular weight excluding hydrogens is 729 g/mol. The molecule has 3 saturated heterocycles. The zero-order valence-corrected chi connectivity index (χ0v) is 33.6. The van der Waals surface area contributed by atoms with Gasteiger partial charge in [0.25, 0.3) is 5.91 Å². The number of ether oxygens (including phenoxy) is 2. The molecule has 4 aliphatic heterocycles. The first kappa shape index (κ1) is 43.3. The smallest absolute Gasteiger partial charge is 0.419 e. The Morgan fingerprint density at radius 2 is 1.63 bits per heavy atom. The number of anilines is 1. The van der Waals surface area contributed by atoms with Crippen molar-refractivity contribution in [3.8, 4) is 0 Å². The van der Waals surface area contributed by atoms with Crippen LogP contribution in [-0.4, -0.2) is 119 Å². The van der Waals surface area contributed by atoms with E-state index in [1.165, 1.54) is 4.57 Å². The fourth-order valence-corrected chi connectivity index (χ4v) is 8.33. The number of piperidine rings is 2. The number of oxazole rings is 1. The van der Waals surface area contributed by atoms with Crippen LogP contribution in [0, 0.1) is 12.8 Å². The molecule has 7 rings (SSSR count). The molecule has 0 saturated carbocycles. The van der Waals surface area contributed by atoms with Crippen molar-refractivity contribution in [3.05, 3.63) is 63.6 Å². The summed E-state index contributed by atoms with van der Waals surface area (Å²) >= 11 is 0. The van der Waals surface area contributed by atoms with Crippen LogP contribution < -0.4 is 11.1 Å². The molecule has 3 aromatic rings. The number of nitrogens with one attached hydrogen (secondary N) is 1. The number of para-hydroxylation sites is 1. The van der Waals surface area contributed by atoms with Crippen molar-refractivity contribution in [2.75, 3.05) is 58.2 Å². The second-order valence-electron chi connectivity index (χ2n) is 15.8. The van der Waals surface area contributed by atoms with Gasteiger partial charge in [-0.15, -0.1) is 0 Å². The number of aryl methyl sites for hydroxylation is 2. The highest BCUT2D eigenvalue weighted by Crippen LogP contribution is 2.27. The van der Waals surface area contributed by atoms with E-state index in [2.05, 4.69) is 17.1 Å². The van der Waals surface area contributed by atoms with Crippen molar-refractivity contribution in [1.29, 1.82) is 0 Å². The van der Waals surface area contributed by atoms with E-state index in [0.717, 1.165) is 67.4 Å². The van der Waals surface area contributed by atoms with Gasteiger partial charge in [-0.1, -0.05) is 45.5 Å². The molecule has 4 aliphatic rings. The third-order valence-electron chi connectivity index (χ3n) is 11.7. The molecule has 1 N–H and O–H groups in total. The average Bonchev–Trinajstić information content (AvgIpc) is 3.69. The Morgan fingerprint density at radius 1 is 0.930 bits per heavy atom. The highest BCUT2D eigenvalue weighted by atomic mass is 16.6. The normalized spacial score (nSPS) is 19.8. The minimum Gasteiger partial charge on any atom is -0.465 e. The van der Waals surface area contributed by atoms with Crippen molar-refractivity contribution in [2.45, 2.75) is 104 Å². The zero-order chi connectivity index (χ0) is 39.9. The number of likely N-dealkylation sites (tertiary alicyclic amines) is 3. The molecule has 0 aliphatic carbocycles. The van der Waals surface area contributed by atoms with Crippen molar-refractivity contribution in [1.82, 2.24) is 24.2 Å². The summed E-state index contributed by atoms with van der Waals surface area (Å²) in [6.45, 7) is 10.4. The van der Waals surface area contributed by atoms with Crippen LogP contribution in [0.5, 0.6) is 0 Å². The number of carbonyl (C=O) groups is 4. The molecule has 5 heterocycles. The average molecular weight is 791 g/mol. The van der Waals surface area contributed by atoms with Crippen LogP contribution in [0.3, 0.4) is 0 Å². The van der Waals surface area contributed by atoms with Gasteiger partial charge in [0.1, 0.15) is 6.04 Å². The lowest BCUT2D eigenvalue weighted by Crippen LogP contribution is -2.51. The molecule has 14 nitrogen and oxygen atoms in total. The standard InChI is InChI=1S/C33H41N5O6.C9H17NO2.CH4/c1-21-8-13-36(14-9-21)30(39)28(20-23-18-22(2)29-27(19-23)43-32(41)35(29)3)44-33(42)37-15-11-25(12-16-37)38-17-10-24-6-4-5-7-26(24)34-31(38)40;1-3-7-12-9(11)8-5-4-6-10(8)2;/h4-7,18-19,21,25,28H,8-17,20H2,1-3H3,(H,34,40);8H,3-7H2,1-2H3;1H4/t28-;8-;/m11./s1. The molecule has 2 atom stereocenters. The Hall–Kier alpha value is -4.85. The Balaban J connectivity index is 0.000000410. The second-order valence-corrected chi connectivity index (χ2v) is 15.8. The maximum Gasteiger partial charge on any atom is 0.419 e. The van der Waals surface area contributed by atoms with Crippen molar-refractivity contribution in [3.63, 3.8) is 0 Å². The molecule has 0 unspecified atom stereocenters. The van der Waals surface area contributed by atoms with Gasteiger partial charge in [-0.05, 0) is 107 Å². The van der Waals surface area contributed by atoms with Gasteiger partial charge >= 0.3 is 23.8 Å². The summed E-state index contributed by atoms with van der Waals surface area (Å²) in [4.78, 5) is 71.1. The number of hydrogen-bond acceptors (Lipinski definition) is 9. The largest absolute Gasteiger partial charge is 0.465 e. The van der Waals surface area contributed by atoms with E-state index in [0.29, 0.717) is 69.2 Å². The Morgan fingerprint density at radius 3 is 2.32 bits per heavy atom. The fourth-order valence-electron chi connectivity index (χ4n) is 8.33. The third-order valence-corrected chi connectivity index (χ3v) is 11.7. The van der Waals surface area contributed by atoms with E-state index in [1.54, 1.807) is 22.9 Å². The number of nitrogens with zero attached hydrogens (tertiary/aromatic N) is 5. The lowest BCUT2D eigenvalue weighted by atomic mass is 9.98. The molecule has 3 fully saturated rings. The fraction of sp³-hybridized carbons (Fsp3) is 0.605. The predicted octanol–water partition coefficient (Wildman–Crippen LogP) is 5.97. The van der Waals surface area contributed by atoms with Crippen LogP contribution in [0.2, 0.25) is 0 Å². The molecule has 1 aromatic heterocycles. The Bertz CT molecular complexity index is 1930. The minimum absolute atomic E-state index is 0. The number of fused-ring (bicyclic) bond motifs is 2. The molecule has 2 aromatic carbocycles. The number of urea groups is 1. The number of hydrogen-bond donors (Lipinski definition) is 1.